The van der Waals surface area contributed by atoms with Crippen LogP contribution in [0, 0.1) is 12.8 Å². The number of hydrogen-bond acceptors (Lipinski definition) is 4. The summed E-state index contributed by atoms with van der Waals surface area (Å²) in [6.45, 7) is 10.6. The Kier molecular flexibility index (Phi) is 8.19. The van der Waals surface area contributed by atoms with Gasteiger partial charge in [0, 0.05) is 32.8 Å². The SMILES string of the molecule is Cc1cccc(CN(C[C@@H](O)COCC(C)C)C[C@H]2CCCO2)c1. The summed E-state index contributed by atoms with van der Waals surface area (Å²) < 4.78 is 11.4. The van der Waals surface area contributed by atoms with E-state index in [1.54, 1.807) is 0 Å². The van der Waals surface area contributed by atoms with Gasteiger partial charge in [-0.25, -0.2) is 0 Å². The highest BCUT2D eigenvalue weighted by molar-refractivity contribution is 5.22. The van der Waals surface area contributed by atoms with E-state index >= 15 is 0 Å². The van der Waals surface area contributed by atoms with E-state index in [-0.39, 0.29) is 0 Å². The molecule has 0 unspecified atom stereocenters. The third kappa shape index (κ3) is 7.31. The van der Waals surface area contributed by atoms with Crippen LogP contribution in [0.3, 0.4) is 0 Å². The van der Waals surface area contributed by atoms with Gasteiger partial charge in [0.2, 0.25) is 0 Å². The van der Waals surface area contributed by atoms with Crippen molar-refractivity contribution in [2.45, 2.75) is 52.4 Å². The van der Waals surface area contributed by atoms with E-state index in [2.05, 4.69) is 49.9 Å². The van der Waals surface area contributed by atoms with E-state index in [0.29, 0.717) is 31.8 Å². The molecule has 24 heavy (non-hydrogen) atoms. The van der Waals surface area contributed by atoms with Crippen LogP contribution < -0.4 is 0 Å². The van der Waals surface area contributed by atoms with Gasteiger partial charge in [-0.15, -0.1) is 0 Å². The fraction of sp³-hybridized carbons (Fsp3) is 0.700. The quantitative estimate of drug-likeness (QED) is 0.714. The monoisotopic (exact) mass is 335 g/mol. The topological polar surface area (TPSA) is 41.9 Å². The molecule has 4 heteroatoms. The molecule has 0 bridgehead atoms. The molecule has 1 heterocycles. The van der Waals surface area contributed by atoms with Gasteiger partial charge in [-0.2, -0.15) is 0 Å². The van der Waals surface area contributed by atoms with Gasteiger partial charge in [-0.3, -0.25) is 4.90 Å². The van der Waals surface area contributed by atoms with Crippen LogP contribution in [0.2, 0.25) is 0 Å². The Morgan fingerprint density at radius 3 is 2.83 bits per heavy atom. The van der Waals surface area contributed by atoms with Crippen molar-refractivity contribution in [3.8, 4) is 0 Å². The second kappa shape index (κ2) is 10.1. The van der Waals surface area contributed by atoms with Gasteiger partial charge in [0.15, 0.2) is 0 Å². The molecule has 4 nitrogen and oxygen atoms in total. The van der Waals surface area contributed by atoms with Gasteiger partial charge in [0.25, 0.3) is 0 Å². The molecule has 1 N–H and O–H groups in total. The number of hydrogen-bond donors (Lipinski definition) is 1. The molecule has 1 aromatic rings. The first-order valence-electron chi connectivity index (χ1n) is 9.18. The summed E-state index contributed by atoms with van der Waals surface area (Å²) in [6.07, 6.45) is 2.08. The largest absolute Gasteiger partial charge is 0.389 e. The Balaban J connectivity index is 1.88. The molecule has 1 fully saturated rings. The standard InChI is InChI=1S/C20H33NO3/c1-16(2)14-23-15-19(22)12-21(13-20-8-5-9-24-20)11-18-7-4-6-17(3)10-18/h4,6-7,10,16,19-20,22H,5,8-9,11-15H2,1-3H3/t19-,20-/m1/s1. The van der Waals surface area contributed by atoms with E-state index in [0.717, 1.165) is 32.5 Å². The maximum Gasteiger partial charge on any atom is 0.0900 e. The van der Waals surface area contributed by atoms with Crippen molar-refractivity contribution in [3.63, 3.8) is 0 Å². The van der Waals surface area contributed by atoms with Crippen LogP contribution in [-0.4, -0.2) is 55.1 Å². The van der Waals surface area contributed by atoms with E-state index in [1.807, 2.05) is 0 Å². The highest BCUT2D eigenvalue weighted by atomic mass is 16.5. The van der Waals surface area contributed by atoms with Crippen molar-refractivity contribution in [3.05, 3.63) is 35.4 Å². The second-order valence-corrected chi connectivity index (χ2v) is 7.40. The molecule has 1 aliphatic rings. The van der Waals surface area contributed by atoms with Crippen molar-refractivity contribution in [2.24, 2.45) is 5.92 Å². The lowest BCUT2D eigenvalue weighted by Crippen LogP contribution is -2.39. The summed E-state index contributed by atoms with van der Waals surface area (Å²) in [4.78, 5) is 2.30. The van der Waals surface area contributed by atoms with Crippen molar-refractivity contribution in [1.29, 1.82) is 0 Å². The molecule has 136 valence electrons. The molecule has 0 spiro atoms. The number of aliphatic hydroxyl groups excluding tert-OH is 1. The third-order valence-corrected chi connectivity index (χ3v) is 4.20. The number of rotatable bonds is 10. The summed E-state index contributed by atoms with van der Waals surface area (Å²) in [5, 5.41) is 10.3. The van der Waals surface area contributed by atoms with Gasteiger partial charge < -0.3 is 14.6 Å². The van der Waals surface area contributed by atoms with Gasteiger partial charge in [-0.1, -0.05) is 43.7 Å². The van der Waals surface area contributed by atoms with Crippen LogP contribution in [0.5, 0.6) is 0 Å². The van der Waals surface area contributed by atoms with Crippen LogP contribution in [0.1, 0.15) is 37.8 Å². The Bertz CT molecular complexity index is 472. The van der Waals surface area contributed by atoms with Crippen molar-refractivity contribution in [1.82, 2.24) is 4.90 Å². The lowest BCUT2D eigenvalue weighted by atomic mass is 10.1. The highest BCUT2D eigenvalue weighted by Gasteiger charge is 2.21. The molecular weight excluding hydrogens is 302 g/mol. The first-order chi connectivity index (χ1) is 11.5. The minimum Gasteiger partial charge on any atom is -0.389 e. The number of aryl methyl sites for hydroxylation is 1. The summed E-state index contributed by atoms with van der Waals surface area (Å²) in [7, 11) is 0. The molecule has 1 saturated heterocycles. The maximum absolute atomic E-state index is 10.3. The molecule has 0 radical (unpaired) electrons. The van der Waals surface area contributed by atoms with Gasteiger partial charge >= 0.3 is 0 Å². The molecule has 0 saturated carbocycles. The Morgan fingerprint density at radius 2 is 2.17 bits per heavy atom. The van der Waals surface area contributed by atoms with Gasteiger partial charge in [-0.05, 0) is 31.2 Å². The average molecular weight is 335 g/mol. The zero-order valence-electron chi connectivity index (χ0n) is 15.4. The number of aliphatic hydroxyl groups is 1. The smallest absolute Gasteiger partial charge is 0.0900 e. The normalized spacial score (nSPS) is 19.3. The number of benzene rings is 1. The molecule has 2 rings (SSSR count). The molecule has 2 atom stereocenters. The number of ether oxygens (including phenoxy) is 2. The predicted molar refractivity (Wildman–Crippen MR) is 97.1 cm³/mol. The fourth-order valence-electron chi connectivity index (χ4n) is 3.14. The van der Waals surface area contributed by atoms with Crippen molar-refractivity contribution < 1.29 is 14.6 Å². The summed E-state index contributed by atoms with van der Waals surface area (Å²) in [6, 6.07) is 8.57. The van der Waals surface area contributed by atoms with Crippen LogP contribution in [0.4, 0.5) is 0 Å². The zero-order valence-corrected chi connectivity index (χ0v) is 15.4. The Hall–Kier alpha value is -0.940. The molecule has 1 aliphatic heterocycles. The van der Waals surface area contributed by atoms with E-state index in [9.17, 15) is 5.11 Å². The molecular formula is C20H33NO3. The van der Waals surface area contributed by atoms with Crippen LogP contribution in [0.25, 0.3) is 0 Å². The minimum atomic E-state index is -0.463. The zero-order chi connectivity index (χ0) is 17.4. The van der Waals surface area contributed by atoms with Crippen LogP contribution >= 0.6 is 0 Å². The fourth-order valence-corrected chi connectivity index (χ4v) is 3.14. The molecule has 0 aliphatic carbocycles. The lowest BCUT2D eigenvalue weighted by Gasteiger charge is -2.27. The van der Waals surface area contributed by atoms with Crippen molar-refractivity contribution in [2.75, 3.05) is 32.9 Å². The molecule has 1 aromatic carbocycles. The first-order valence-corrected chi connectivity index (χ1v) is 9.18. The first kappa shape index (κ1) is 19.4. The van der Waals surface area contributed by atoms with Gasteiger partial charge in [0.1, 0.15) is 0 Å². The molecule has 0 amide bonds. The highest BCUT2D eigenvalue weighted by Crippen LogP contribution is 2.16. The summed E-state index contributed by atoms with van der Waals surface area (Å²) in [5.74, 6) is 0.493. The Morgan fingerprint density at radius 1 is 1.33 bits per heavy atom. The molecule has 0 aromatic heterocycles. The summed E-state index contributed by atoms with van der Waals surface area (Å²) >= 11 is 0. The Labute approximate surface area is 146 Å². The number of nitrogens with zero attached hydrogens (tertiary/aromatic N) is 1. The van der Waals surface area contributed by atoms with E-state index in [4.69, 9.17) is 9.47 Å². The lowest BCUT2D eigenvalue weighted by molar-refractivity contribution is -0.00390. The van der Waals surface area contributed by atoms with E-state index in [1.165, 1.54) is 11.1 Å². The van der Waals surface area contributed by atoms with Crippen molar-refractivity contribution >= 4 is 0 Å². The minimum absolute atomic E-state index is 0.290. The second-order valence-electron chi connectivity index (χ2n) is 7.40. The average Bonchev–Trinajstić information content (AvgIpc) is 2.99. The van der Waals surface area contributed by atoms with Crippen LogP contribution in [-0.2, 0) is 16.0 Å². The van der Waals surface area contributed by atoms with E-state index < -0.39 is 6.10 Å². The van der Waals surface area contributed by atoms with Crippen LogP contribution in [0.15, 0.2) is 24.3 Å². The summed E-state index contributed by atoms with van der Waals surface area (Å²) in [5.41, 5.74) is 2.55. The van der Waals surface area contributed by atoms with Gasteiger partial charge in [0.05, 0.1) is 18.8 Å². The maximum atomic E-state index is 10.3. The predicted octanol–water partition coefficient (Wildman–Crippen LogP) is 3.01. The third-order valence-electron chi connectivity index (χ3n) is 4.20.